The van der Waals surface area contributed by atoms with Gasteiger partial charge in [-0.2, -0.15) is 0 Å². The van der Waals surface area contributed by atoms with E-state index in [9.17, 15) is 14.4 Å². The first-order valence-corrected chi connectivity index (χ1v) is 14.3. The lowest BCUT2D eigenvalue weighted by Crippen LogP contribution is -2.45. The van der Waals surface area contributed by atoms with E-state index >= 15 is 0 Å². The van der Waals surface area contributed by atoms with Crippen LogP contribution in [0.25, 0.3) is 0 Å². The summed E-state index contributed by atoms with van der Waals surface area (Å²) < 4.78 is 11.5. The molecule has 42 heavy (non-hydrogen) atoms. The number of carbonyl (C=O) groups is 3. The van der Waals surface area contributed by atoms with E-state index < -0.39 is 11.7 Å². The highest BCUT2D eigenvalue weighted by Crippen LogP contribution is 2.32. The number of carbonyl (C=O) groups excluding carboxylic acids is 3. The number of ether oxygens (including phenoxy) is 2. The van der Waals surface area contributed by atoms with E-state index in [0.717, 1.165) is 5.56 Å². The molecule has 3 aromatic rings. The first-order valence-electron chi connectivity index (χ1n) is 13.9. The maximum atomic E-state index is 13.5. The first kappa shape index (κ1) is 30.7. The van der Waals surface area contributed by atoms with Gasteiger partial charge in [-0.05, 0) is 63.1 Å². The van der Waals surface area contributed by atoms with Crippen molar-refractivity contribution in [1.29, 1.82) is 0 Å². The van der Waals surface area contributed by atoms with Gasteiger partial charge in [-0.15, -0.1) is 0 Å². The molecule has 1 fully saturated rings. The Labute approximate surface area is 251 Å². The average molecular weight is 593 g/mol. The molecule has 4 rings (SSSR count). The third-order valence-corrected chi connectivity index (χ3v) is 6.90. The van der Waals surface area contributed by atoms with Crippen molar-refractivity contribution < 1.29 is 23.9 Å². The molecule has 3 aromatic carbocycles. The lowest BCUT2D eigenvalue weighted by molar-refractivity contribution is -0.128. The van der Waals surface area contributed by atoms with Crippen LogP contribution in [0.3, 0.4) is 0 Å². The molecule has 1 aliphatic heterocycles. The number of anilines is 1. The number of para-hydroxylation sites is 3. The van der Waals surface area contributed by atoms with E-state index in [1.807, 2.05) is 66.7 Å². The zero-order valence-corrected chi connectivity index (χ0v) is 24.9. The van der Waals surface area contributed by atoms with Crippen LogP contribution in [0.1, 0.15) is 32.8 Å². The van der Waals surface area contributed by atoms with Crippen LogP contribution in [0.5, 0.6) is 11.5 Å². The van der Waals surface area contributed by atoms with Gasteiger partial charge in [0.1, 0.15) is 11.4 Å². The van der Waals surface area contributed by atoms with E-state index in [1.54, 1.807) is 42.7 Å². The smallest absolute Gasteiger partial charge is 0.407 e. The molecule has 3 amide bonds. The highest BCUT2D eigenvalue weighted by atomic mass is 35.5. The van der Waals surface area contributed by atoms with E-state index in [-0.39, 0.29) is 37.5 Å². The van der Waals surface area contributed by atoms with E-state index in [0.29, 0.717) is 41.7 Å². The predicted molar refractivity (Wildman–Crippen MR) is 163 cm³/mol. The molecule has 0 spiro atoms. The Hall–Kier alpha value is -4.24. The molecule has 2 N–H and O–H groups in total. The summed E-state index contributed by atoms with van der Waals surface area (Å²) in [6.45, 7) is 6.35. The van der Waals surface area contributed by atoms with Gasteiger partial charge in [-0.3, -0.25) is 9.59 Å². The van der Waals surface area contributed by atoms with Crippen molar-refractivity contribution in [2.75, 3.05) is 31.1 Å². The van der Waals surface area contributed by atoms with E-state index in [2.05, 4.69) is 10.6 Å². The second-order valence-corrected chi connectivity index (χ2v) is 11.5. The lowest BCUT2D eigenvalue weighted by atomic mass is 10.2. The van der Waals surface area contributed by atoms with Gasteiger partial charge in [0, 0.05) is 24.7 Å². The highest BCUT2D eigenvalue weighted by Gasteiger charge is 2.30. The van der Waals surface area contributed by atoms with Gasteiger partial charge >= 0.3 is 6.09 Å². The summed E-state index contributed by atoms with van der Waals surface area (Å²) >= 11 is 6.26. The van der Waals surface area contributed by atoms with Gasteiger partial charge in [0.2, 0.25) is 11.8 Å². The fourth-order valence-corrected chi connectivity index (χ4v) is 4.76. The lowest BCUT2D eigenvalue weighted by Gasteiger charge is -2.28. The van der Waals surface area contributed by atoms with Gasteiger partial charge in [0.25, 0.3) is 0 Å². The minimum Gasteiger partial charge on any atom is -0.455 e. The van der Waals surface area contributed by atoms with Crippen LogP contribution < -0.4 is 20.3 Å². The normalized spacial score (nSPS) is 14.7. The second-order valence-electron chi connectivity index (χ2n) is 11.1. The monoisotopic (exact) mass is 592 g/mol. The molecule has 0 bridgehead atoms. The third kappa shape index (κ3) is 9.14. The third-order valence-electron chi connectivity index (χ3n) is 6.53. The van der Waals surface area contributed by atoms with Crippen LogP contribution in [0, 0.1) is 0 Å². The van der Waals surface area contributed by atoms with Gasteiger partial charge in [0.05, 0.1) is 24.8 Å². The number of benzene rings is 3. The Bertz CT molecular complexity index is 1380. The van der Waals surface area contributed by atoms with Crippen molar-refractivity contribution >= 4 is 35.2 Å². The maximum Gasteiger partial charge on any atom is 0.407 e. The molecule has 1 saturated heterocycles. The Balaban J connectivity index is 1.47. The molecule has 0 aliphatic carbocycles. The number of nitrogens with zero attached hydrogens (tertiary/aromatic N) is 2. The SMILES string of the molecule is CC(C)(C)OC(=O)NC1CCN(C(=O)CN(CC(=O)NCc2ccccc2Cl)c2ccccc2Oc2ccccc2)C1. The van der Waals surface area contributed by atoms with Crippen molar-refractivity contribution in [3.8, 4) is 11.5 Å². The summed E-state index contributed by atoms with van der Waals surface area (Å²) in [5.41, 5.74) is 0.786. The minimum absolute atomic E-state index is 0.0617. The predicted octanol–water partition coefficient (Wildman–Crippen LogP) is 5.38. The number of likely N-dealkylation sites (tertiary alicyclic amines) is 1. The van der Waals surface area contributed by atoms with Crippen LogP contribution >= 0.6 is 11.6 Å². The van der Waals surface area contributed by atoms with Crippen molar-refractivity contribution in [2.24, 2.45) is 0 Å². The maximum absolute atomic E-state index is 13.5. The Morgan fingerprint density at radius 3 is 2.38 bits per heavy atom. The first-order chi connectivity index (χ1) is 20.1. The summed E-state index contributed by atoms with van der Waals surface area (Å²) in [6.07, 6.45) is 0.0994. The topological polar surface area (TPSA) is 100 Å². The van der Waals surface area contributed by atoms with Gasteiger partial charge < -0.3 is 29.9 Å². The fraction of sp³-hybridized carbons (Fsp3) is 0.344. The number of amides is 3. The van der Waals surface area contributed by atoms with Crippen molar-refractivity contribution in [3.05, 3.63) is 89.4 Å². The standard InChI is InChI=1S/C32H37ClN4O5/c1-32(2,3)42-31(40)35-24-17-18-36(20-24)30(39)22-37(21-29(38)34-19-23-11-7-8-14-26(23)33)27-15-9-10-16-28(27)41-25-12-5-4-6-13-25/h4-16,24H,17-22H2,1-3H3,(H,34,38)(H,35,40). The summed E-state index contributed by atoms with van der Waals surface area (Å²) in [7, 11) is 0. The number of alkyl carbamates (subject to hydrolysis) is 1. The summed E-state index contributed by atoms with van der Waals surface area (Å²) in [4.78, 5) is 42.3. The van der Waals surface area contributed by atoms with Crippen LogP contribution in [0.15, 0.2) is 78.9 Å². The molecule has 10 heteroatoms. The number of rotatable bonds is 10. The van der Waals surface area contributed by atoms with Crippen LogP contribution in [0.4, 0.5) is 10.5 Å². The van der Waals surface area contributed by atoms with Crippen LogP contribution in [-0.4, -0.2) is 60.6 Å². The van der Waals surface area contributed by atoms with E-state index in [4.69, 9.17) is 21.1 Å². The van der Waals surface area contributed by atoms with Crippen molar-refractivity contribution in [2.45, 2.75) is 45.4 Å². The van der Waals surface area contributed by atoms with Gasteiger partial charge in [-0.1, -0.05) is 60.1 Å². The quantitative estimate of drug-likeness (QED) is 0.328. The highest BCUT2D eigenvalue weighted by molar-refractivity contribution is 6.31. The van der Waals surface area contributed by atoms with Crippen LogP contribution in [-0.2, 0) is 20.9 Å². The molecule has 1 atom stereocenters. The number of halogens is 1. The summed E-state index contributed by atoms with van der Waals surface area (Å²) in [6, 6.07) is 23.7. The number of hydrogen-bond acceptors (Lipinski definition) is 6. The molecule has 0 saturated carbocycles. The van der Waals surface area contributed by atoms with Gasteiger partial charge in [-0.25, -0.2) is 4.79 Å². The molecule has 9 nitrogen and oxygen atoms in total. The zero-order chi connectivity index (χ0) is 30.1. The summed E-state index contributed by atoms with van der Waals surface area (Å²) in [5.74, 6) is 0.705. The Morgan fingerprint density at radius 2 is 1.64 bits per heavy atom. The summed E-state index contributed by atoms with van der Waals surface area (Å²) in [5, 5.41) is 6.32. The zero-order valence-electron chi connectivity index (χ0n) is 24.1. The molecule has 1 unspecified atom stereocenters. The fourth-order valence-electron chi connectivity index (χ4n) is 4.55. The van der Waals surface area contributed by atoms with Crippen molar-refractivity contribution in [3.63, 3.8) is 0 Å². The van der Waals surface area contributed by atoms with E-state index in [1.165, 1.54) is 0 Å². The molecule has 1 heterocycles. The molecule has 0 radical (unpaired) electrons. The molecular weight excluding hydrogens is 556 g/mol. The molecular formula is C32H37ClN4O5. The number of nitrogens with one attached hydrogen (secondary N) is 2. The Kier molecular flexibility index (Phi) is 10.3. The molecule has 222 valence electrons. The van der Waals surface area contributed by atoms with Crippen LogP contribution in [0.2, 0.25) is 5.02 Å². The molecule has 0 aromatic heterocycles. The second kappa shape index (κ2) is 14.1. The molecule has 1 aliphatic rings. The largest absolute Gasteiger partial charge is 0.455 e. The van der Waals surface area contributed by atoms with Crippen molar-refractivity contribution in [1.82, 2.24) is 15.5 Å². The minimum atomic E-state index is -0.611. The number of hydrogen-bond donors (Lipinski definition) is 2. The average Bonchev–Trinajstić information content (AvgIpc) is 3.40. The van der Waals surface area contributed by atoms with Gasteiger partial charge in [0.15, 0.2) is 5.75 Å². The Morgan fingerprint density at radius 1 is 0.952 bits per heavy atom.